The lowest BCUT2D eigenvalue weighted by atomic mass is 10.1. The maximum atomic E-state index is 12.5. The number of hydrogen-bond acceptors (Lipinski definition) is 1. The molecular weight excluding hydrogens is 292 g/mol. The van der Waals surface area contributed by atoms with Gasteiger partial charge in [0.15, 0.2) is 0 Å². The highest BCUT2D eigenvalue weighted by Crippen LogP contribution is 2.19. The van der Waals surface area contributed by atoms with Gasteiger partial charge in [-0.15, -0.1) is 0 Å². The van der Waals surface area contributed by atoms with E-state index in [0.717, 1.165) is 36.0 Å². The van der Waals surface area contributed by atoms with Crippen molar-refractivity contribution in [2.24, 2.45) is 0 Å². The van der Waals surface area contributed by atoms with Crippen molar-refractivity contribution in [2.45, 2.75) is 52.6 Å². The second-order valence-corrected chi connectivity index (χ2v) is 5.54. The molecule has 1 heterocycles. The van der Waals surface area contributed by atoms with Crippen LogP contribution in [0.25, 0.3) is 0 Å². The highest BCUT2D eigenvalue weighted by molar-refractivity contribution is 9.10. The van der Waals surface area contributed by atoms with E-state index in [-0.39, 0.29) is 5.91 Å². The summed E-state index contributed by atoms with van der Waals surface area (Å²) >= 11 is 3.45. The minimum atomic E-state index is 0.114. The average Bonchev–Trinajstić information content (AvgIpc) is 2.71. The van der Waals surface area contributed by atoms with Crippen LogP contribution < -0.4 is 0 Å². The summed E-state index contributed by atoms with van der Waals surface area (Å²) in [4.78, 5) is 14.4. The Kier molecular flexibility index (Phi) is 5.93. The molecule has 1 aromatic heterocycles. The molecule has 0 unspecified atom stereocenters. The summed E-state index contributed by atoms with van der Waals surface area (Å²) in [5.41, 5.74) is 0.776. The Morgan fingerprint density at radius 2 is 2.00 bits per heavy atom. The third-order valence-electron chi connectivity index (χ3n) is 3.36. The number of carbonyl (C=O) groups is 1. The van der Waals surface area contributed by atoms with E-state index < -0.39 is 0 Å². The summed E-state index contributed by atoms with van der Waals surface area (Å²) < 4.78 is 3.00. The van der Waals surface area contributed by atoms with Crippen molar-refractivity contribution < 1.29 is 4.79 Å². The second kappa shape index (κ2) is 6.98. The van der Waals surface area contributed by atoms with E-state index in [1.165, 1.54) is 0 Å². The van der Waals surface area contributed by atoms with Crippen molar-refractivity contribution in [3.8, 4) is 0 Å². The van der Waals surface area contributed by atoms with Crippen LogP contribution in [0, 0.1) is 0 Å². The van der Waals surface area contributed by atoms with Gasteiger partial charge in [-0.3, -0.25) is 4.79 Å². The van der Waals surface area contributed by atoms with Crippen molar-refractivity contribution in [2.75, 3.05) is 7.05 Å². The first-order valence-corrected chi connectivity index (χ1v) is 7.47. The minimum absolute atomic E-state index is 0.114. The van der Waals surface area contributed by atoms with E-state index in [4.69, 9.17) is 0 Å². The first-order valence-electron chi connectivity index (χ1n) is 6.67. The monoisotopic (exact) mass is 314 g/mol. The molecule has 1 rings (SSSR count). The normalized spacial score (nSPS) is 11.0. The lowest BCUT2D eigenvalue weighted by Crippen LogP contribution is -2.37. The topological polar surface area (TPSA) is 25.2 Å². The van der Waals surface area contributed by atoms with Gasteiger partial charge in [0.2, 0.25) is 0 Å². The molecular formula is C14H23BrN2O. The maximum absolute atomic E-state index is 12.5. The summed E-state index contributed by atoms with van der Waals surface area (Å²) in [6.45, 7) is 7.24. The molecule has 0 aliphatic heterocycles. The molecule has 18 heavy (non-hydrogen) atoms. The van der Waals surface area contributed by atoms with Crippen LogP contribution in [0.15, 0.2) is 16.7 Å². The number of aryl methyl sites for hydroxylation is 1. The van der Waals surface area contributed by atoms with E-state index in [1.807, 2.05) is 28.8 Å². The highest BCUT2D eigenvalue weighted by atomic mass is 79.9. The number of carbonyl (C=O) groups excluding carboxylic acids is 1. The van der Waals surface area contributed by atoms with Gasteiger partial charge in [0, 0.05) is 30.3 Å². The molecule has 0 N–H and O–H groups in total. The van der Waals surface area contributed by atoms with Crippen molar-refractivity contribution in [3.63, 3.8) is 0 Å². The van der Waals surface area contributed by atoms with Crippen LogP contribution in [-0.4, -0.2) is 28.5 Å². The lowest BCUT2D eigenvalue weighted by molar-refractivity contribution is 0.0712. The summed E-state index contributed by atoms with van der Waals surface area (Å²) in [6, 6.07) is 2.23. The molecule has 102 valence electrons. The molecule has 0 saturated carbocycles. The molecule has 0 spiro atoms. The maximum Gasteiger partial charge on any atom is 0.270 e. The fourth-order valence-corrected chi connectivity index (χ4v) is 2.73. The SMILES string of the molecule is CCCn1cc(Br)cc1C(=O)N(C)C(CC)CC. The summed E-state index contributed by atoms with van der Waals surface area (Å²) in [6.07, 6.45) is 5.00. The Balaban J connectivity index is 2.95. The Labute approximate surface area is 118 Å². The van der Waals surface area contributed by atoms with E-state index in [0.29, 0.717) is 6.04 Å². The van der Waals surface area contributed by atoms with Gasteiger partial charge in [-0.05, 0) is 41.3 Å². The van der Waals surface area contributed by atoms with E-state index in [2.05, 4.69) is 36.7 Å². The van der Waals surface area contributed by atoms with Crippen LogP contribution in [0.4, 0.5) is 0 Å². The van der Waals surface area contributed by atoms with E-state index >= 15 is 0 Å². The Morgan fingerprint density at radius 1 is 1.39 bits per heavy atom. The number of amides is 1. The minimum Gasteiger partial charge on any atom is -0.342 e. The quantitative estimate of drug-likeness (QED) is 0.781. The van der Waals surface area contributed by atoms with Crippen molar-refractivity contribution in [1.29, 1.82) is 0 Å². The lowest BCUT2D eigenvalue weighted by Gasteiger charge is -2.26. The van der Waals surface area contributed by atoms with Gasteiger partial charge >= 0.3 is 0 Å². The Bertz CT molecular complexity index is 396. The third kappa shape index (κ3) is 3.37. The number of halogens is 1. The standard InChI is InChI=1S/C14H23BrN2O/c1-5-8-17-10-11(15)9-13(17)14(18)16(4)12(6-2)7-3/h9-10,12H,5-8H2,1-4H3. The molecule has 1 amide bonds. The van der Waals surface area contributed by atoms with Crippen LogP contribution in [0.3, 0.4) is 0 Å². The number of aromatic nitrogens is 1. The highest BCUT2D eigenvalue weighted by Gasteiger charge is 2.21. The molecule has 0 radical (unpaired) electrons. The Morgan fingerprint density at radius 3 is 2.50 bits per heavy atom. The number of hydrogen-bond donors (Lipinski definition) is 0. The van der Waals surface area contributed by atoms with Gasteiger partial charge in [-0.2, -0.15) is 0 Å². The molecule has 1 aromatic rings. The molecule has 0 bridgehead atoms. The van der Waals surface area contributed by atoms with Gasteiger partial charge in [0.05, 0.1) is 0 Å². The molecule has 3 nitrogen and oxygen atoms in total. The summed E-state index contributed by atoms with van der Waals surface area (Å²) in [5, 5.41) is 0. The number of rotatable bonds is 6. The molecule has 0 aliphatic rings. The van der Waals surface area contributed by atoms with Gasteiger partial charge < -0.3 is 9.47 Å². The van der Waals surface area contributed by atoms with Crippen molar-refractivity contribution in [3.05, 3.63) is 22.4 Å². The zero-order valence-corrected chi connectivity index (χ0v) is 13.3. The molecule has 0 saturated heterocycles. The molecule has 0 aliphatic carbocycles. The molecule has 4 heteroatoms. The summed E-state index contributed by atoms with van der Waals surface area (Å²) in [5.74, 6) is 0.114. The molecule has 0 atom stereocenters. The van der Waals surface area contributed by atoms with Crippen LogP contribution in [0.2, 0.25) is 0 Å². The summed E-state index contributed by atoms with van der Waals surface area (Å²) in [7, 11) is 1.90. The molecule has 0 fully saturated rings. The van der Waals surface area contributed by atoms with E-state index in [9.17, 15) is 4.79 Å². The van der Waals surface area contributed by atoms with Gasteiger partial charge in [-0.25, -0.2) is 0 Å². The largest absolute Gasteiger partial charge is 0.342 e. The van der Waals surface area contributed by atoms with E-state index in [1.54, 1.807) is 0 Å². The zero-order valence-electron chi connectivity index (χ0n) is 11.7. The van der Waals surface area contributed by atoms with Crippen molar-refractivity contribution >= 4 is 21.8 Å². The first kappa shape index (κ1) is 15.3. The second-order valence-electron chi connectivity index (χ2n) is 4.62. The zero-order chi connectivity index (χ0) is 13.7. The predicted molar refractivity (Wildman–Crippen MR) is 78.9 cm³/mol. The smallest absolute Gasteiger partial charge is 0.270 e. The fourth-order valence-electron chi connectivity index (χ4n) is 2.26. The van der Waals surface area contributed by atoms with Crippen molar-refractivity contribution in [1.82, 2.24) is 9.47 Å². The van der Waals surface area contributed by atoms with Crippen LogP contribution in [0.1, 0.15) is 50.5 Å². The fraction of sp³-hybridized carbons (Fsp3) is 0.643. The predicted octanol–water partition coefficient (Wildman–Crippen LogP) is 3.92. The van der Waals surface area contributed by atoms with Gasteiger partial charge in [0.1, 0.15) is 5.69 Å². The molecule has 0 aromatic carbocycles. The van der Waals surface area contributed by atoms with Crippen LogP contribution in [-0.2, 0) is 6.54 Å². The Hall–Kier alpha value is -0.770. The van der Waals surface area contributed by atoms with Gasteiger partial charge in [-0.1, -0.05) is 20.8 Å². The number of nitrogens with zero attached hydrogens (tertiary/aromatic N) is 2. The van der Waals surface area contributed by atoms with Crippen LogP contribution >= 0.6 is 15.9 Å². The average molecular weight is 315 g/mol. The van der Waals surface area contributed by atoms with Crippen LogP contribution in [0.5, 0.6) is 0 Å². The third-order valence-corrected chi connectivity index (χ3v) is 3.79. The first-order chi connectivity index (χ1) is 8.54. The van der Waals surface area contributed by atoms with Gasteiger partial charge in [0.25, 0.3) is 5.91 Å².